The van der Waals surface area contributed by atoms with Crippen molar-refractivity contribution >= 4 is 12.3 Å². The topological polar surface area (TPSA) is 93.1 Å². The van der Waals surface area contributed by atoms with Crippen molar-refractivity contribution in [3.63, 3.8) is 0 Å². The number of hydrogen-bond donors (Lipinski definition) is 2. The minimum absolute atomic E-state index is 0.374. The van der Waals surface area contributed by atoms with Crippen LogP contribution >= 0.6 is 0 Å². The third-order valence-corrected chi connectivity index (χ3v) is 0.524. The van der Waals surface area contributed by atoms with Gasteiger partial charge in [-0.05, 0) is 13.8 Å². The van der Waals surface area contributed by atoms with E-state index in [9.17, 15) is 4.79 Å². The fourth-order valence-electron chi connectivity index (χ4n) is 0.277. The van der Waals surface area contributed by atoms with Crippen molar-refractivity contribution in [1.82, 2.24) is 0 Å². The summed E-state index contributed by atoms with van der Waals surface area (Å²) < 4.78 is 8.84. The maximum Gasteiger partial charge on any atom is 0.508 e. The molecule has 0 aliphatic rings. The smallest absolute Gasteiger partial charge is 0.450 e. The van der Waals surface area contributed by atoms with Crippen LogP contribution in [0.15, 0.2) is 13.2 Å². The molecule has 0 bridgehead atoms. The molecule has 0 atom stereocenters. The molecule has 6 heteroatoms. The summed E-state index contributed by atoms with van der Waals surface area (Å²) in [5, 5.41) is 13.9. The summed E-state index contributed by atoms with van der Waals surface area (Å²) in [5.74, 6) is 0. The molecule has 0 saturated carbocycles. The number of rotatable bonds is 2. The van der Waals surface area contributed by atoms with E-state index in [0.717, 1.165) is 0 Å². The van der Waals surface area contributed by atoms with Crippen LogP contribution in [0, 0.1) is 0 Å². The van der Waals surface area contributed by atoms with Gasteiger partial charge in [0, 0.05) is 0 Å². The lowest BCUT2D eigenvalue weighted by Gasteiger charge is -1.98. The van der Waals surface area contributed by atoms with Gasteiger partial charge >= 0.3 is 12.3 Å². The van der Waals surface area contributed by atoms with E-state index in [1.807, 2.05) is 0 Å². The van der Waals surface area contributed by atoms with Gasteiger partial charge in [-0.1, -0.05) is 0 Å². The Morgan fingerprint density at radius 2 is 1.29 bits per heavy atom. The molecule has 0 aromatic carbocycles. The van der Waals surface area contributed by atoms with E-state index in [4.69, 9.17) is 15.0 Å². The molecule has 0 unspecified atom stereocenters. The highest BCUT2D eigenvalue weighted by Gasteiger charge is 1.96. The van der Waals surface area contributed by atoms with Gasteiger partial charge in [0.25, 0.3) is 0 Å². The molecule has 0 aliphatic heterocycles. The first-order valence-electron chi connectivity index (χ1n) is 3.76. The highest BCUT2D eigenvalue weighted by atomic mass is 16.7. The molecule has 0 aliphatic carbocycles. The lowest BCUT2D eigenvalue weighted by Crippen LogP contribution is -2.05. The number of hydrogen-bond acceptors (Lipinski definition) is 4. The summed E-state index contributed by atoms with van der Waals surface area (Å²) in [7, 11) is 0. The Hall–Kier alpha value is -1.72. The van der Waals surface area contributed by atoms with Gasteiger partial charge in [0.2, 0.25) is 0 Å². The summed E-state index contributed by atoms with van der Waals surface area (Å²) in [6.07, 6.45) is -2.42. The predicted molar refractivity (Wildman–Crippen MR) is 50.6 cm³/mol. The van der Waals surface area contributed by atoms with Gasteiger partial charge in [0.15, 0.2) is 0 Å². The minimum Gasteiger partial charge on any atom is -0.450 e. The highest BCUT2D eigenvalue weighted by molar-refractivity contribution is 5.59. The standard InChI is InChI=1S/C5H10O3.C2H4.CH2O3/c1-3-7-5(6)8-4-2;1-2;2-1(3)4/h3-4H2,1-2H3;1-2H2;(H2,2,3,4). The zero-order valence-corrected chi connectivity index (χ0v) is 8.36. The van der Waals surface area contributed by atoms with E-state index >= 15 is 0 Å². The monoisotopic (exact) mass is 208 g/mol. The van der Waals surface area contributed by atoms with Crippen LogP contribution in [0.1, 0.15) is 13.8 Å². The van der Waals surface area contributed by atoms with Crippen LogP contribution in [0.3, 0.4) is 0 Å². The molecule has 0 saturated heterocycles. The second-order valence-electron chi connectivity index (χ2n) is 1.40. The molecule has 0 rings (SSSR count). The number of carbonyl (C=O) groups excluding carboxylic acids is 1. The van der Waals surface area contributed by atoms with Crippen LogP contribution in [-0.2, 0) is 9.47 Å². The molecular weight excluding hydrogens is 192 g/mol. The summed E-state index contributed by atoms with van der Waals surface area (Å²) >= 11 is 0. The summed E-state index contributed by atoms with van der Waals surface area (Å²) in [6.45, 7) is 10.2. The summed E-state index contributed by atoms with van der Waals surface area (Å²) in [6, 6.07) is 0. The second kappa shape index (κ2) is 17.4. The van der Waals surface area contributed by atoms with Crippen LogP contribution in [0.25, 0.3) is 0 Å². The lowest BCUT2D eigenvalue weighted by atomic mass is 10.8. The second-order valence-corrected chi connectivity index (χ2v) is 1.40. The Bertz CT molecular complexity index is 133. The lowest BCUT2D eigenvalue weighted by molar-refractivity contribution is 0.0630. The van der Waals surface area contributed by atoms with Gasteiger partial charge in [-0.3, -0.25) is 0 Å². The van der Waals surface area contributed by atoms with Crippen LogP contribution < -0.4 is 0 Å². The van der Waals surface area contributed by atoms with E-state index in [1.54, 1.807) is 13.8 Å². The Morgan fingerprint density at radius 3 is 1.43 bits per heavy atom. The first-order chi connectivity index (χ1) is 6.54. The zero-order valence-electron chi connectivity index (χ0n) is 8.36. The zero-order chi connectivity index (χ0) is 12.0. The Labute approximate surface area is 82.8 Å². The third-order valence-electron chi connectivity index (χ3n) is 0.524. The average molecular weight is 208 g/mol. The van der Waals surface area contributed by atoms with E-state index in [0.29, 0.717) is 13.2 Å². The SMILES string of the molecule is C=C.CCOC(=O)OCC.O=C(O)O. The highest BCUT2D eigenvalue weighted by Crippen LogP contribution is 1.81. The summed E-state index contributed by atoms with van der Waals surface area (Å²) in [5.41, 5.74) is 0. The maximum atomic E-state index is 10.2. The van der Waals surface area contributed by atoms with Gasteiger partial charge in [-0.25, -0.2) is 9.59 Å². The average Bonchev–Trinajstić information content (AvgIpc) is 2.08. The Kier molecular flexibility index (Phi) is 22.5. The molecule has 0 amide bonds. The molecule has 2 N–H and O–H groups in total. The minimum atomic E-state index is -1.83. The number of ether oxygens (including phenoxy) is 2. The first-order valence-corrected chi connectivity index (χ1v) is 3.76. The van der Waals surface area contributed by atoms with E-state index in [-0.39, 0.29) is 0 Å². The Morgan fingerprint density at radius 1 is 1.07 bits per heavy atom. The maximum absolute atomic E-state index is 10.2. The predicted octanol–water partition coefficient (Wildman–Crippen LogP) is 2.20. The van der Waals surface area contributed by atoms with Crippen molar-refractivity contribution in [3.05, 3.63) is 13.2 Å². The fourth-order valence-corrected chi connectivity index (χ4v) is 0.277. The van der Waals surface area contributed by atoms with Crippen molar-refractivity contribution < 1.29 is 29.3 Å². The normalized spacial score (nSPS) is 6.71. The molecule has 0 fully saturated rings. The van der Waals surface area contributed by atoms with E-state index in [2.05, 4.69) is 22.6 Å². The van der Waals surface area contributed by atoms with Gasteiger partial charge in [-0.2, -0.15) is 0 Å². The number of carboxylic acid groups (broad SMARTS) is 2. The van der Waals surface area contributed by atoms with Gasteiger partial charge in [0.1, 0.15) is 0 Å². The molecule has 0 radical (unpaired) electrons. The van der Waals surface area contributed by atoms with Crippen molar-refractivity contribution in [2.75, 3.05) is 13.2 Å². The quantitative estimate of drug-likeness (QED) is 0.533. The Balaban J connectivity index is -0.000000170. The van der Waals surface area contributed by atoms with Crippen molar-refractivity contribution in [2.24, 2.45) is 0 Å². The molecular formula is C8H16O6. The van der Waals surface area contributed by atoms with Gasteiger partial charge in [-0.15, -0.1) is 13.2 Å². The van der Waals surface area contributed by atoms with Crippen LogP contribution in [0.5, 0.6) is 0 Å². The van der Waals surface area contributed by atoms with Gasteiger partial charge < -0.3 is 19.7 Å². The van der Waals surface area contributed by atoms with Crippen molar-refractivity contribution in [3.8, 4) is 0 Å². The number of carbonyl (C=O) groups is 2. The van der Waals surface area contributed by atoms with E-state index < -0.39 is 12.3 Å². The van der Waals surface area contributed by atoms with E-state index in [1.165, 1.54) is 0 Å². The summed E-state index contributed by atoms with van der Waals surface area (Å²) in [4.78, 5) is 18.8. The molecule has 14 heavy (non-hydrogen) atoms. The van der Waals surface area contributed by atoms with Crippen molar-refractivity contribution in [1.29, 1.82) is 0 Å². The van der Waals surface area contributed by atoms with Crippen LogP contribution in [0.4, 0.5) is 9.59 Å². The van der Waals surface area contributed by atoms with Crippen LogP contribution in [-0.4, -0.2) is 35.7 Å². The largest absolute Gasteiger partial charge is 0.508 e. The fraction of sp³-hybridized carbons (Fsp3) is 0.500. The van der Waals surface area contributed by atoms with Crippen molar-refractivity contribution in [2.45, 2.75) is 13.8 Å². The molecule has 6 nitrogen and oxygen atoms in total. The third kappa shape index (κ3) is 48.3. The molecule has 0 aromatic rings. The molecule has 0 spiro atoms. The first kappa shape index (κ1) is 18.1. The van der Waals surface area contributed by atoms with Gasteiger partial charge in [0.05, 0.1) is 13.2 Å². The van der Waals surface area contributed by atoms with Crippen LogP contribution in [0.2, 0.25) is 0 Å². The molecule has 84 valence electrons. The molecule has 0 aromatic heterocycles. The molecule has 0 heterocycles.